The molecule has 13 saturated carbocycles. The molecule has 5 N–H and O–H groups in total. The first-order valence-electron chi connectivity index (χ1n) is 47.4. The highest BCUT2D eigenvalue weighted by molar-refractivity contribution is 6.32. The van der Waals surface area contributed by atoms with E-state index >= 15 is 0 Å². The van der Waals surface area contributed by atoms with Crippen molar-refractivity contribution in [3.8, 4) is 80.0 Å². The molecule has 13 aliphatic carbocycles. The zero-order valence-corrected chi connectivity index (χ0v) is 76.5. The van der Waals surface area contributed by atoms with Gasteiger partial charge in [0.25, 0.3) is 0 Å². The maximum absolute atomic E-state index is 14.0. The van der Waals surface area contributed by atoms with Gasteiger partial charge in [0.1, 0.15) is 51.5 Å². The van der Waals surface area contributed by atoms with Crippen LogP contribution in [-0.4, -0.2) is 111 Å². The second kappa shape index (κ2) is 35.4. The summed E-state index contributed by atoms with van der Waals surface area (Å²) in [6.07, 6.45) is 35.3. The molecule has 0 unspecified atom stereocenters. The number of aromatic amines is 4. The van der Waals surface area contributed by atoms with Crippen LogP contribution in [0.5, 0.6) is 0 Å². The number of furan rings is 1. The van der Waals surface area contributed by atoms with Crippen molar-refractivity contribution in [3.63, 3.8) is 0 Å². The molecule has 27 heteroatoms. The fourth-order valence-corrected chi connectivity index (χ4v) is 24.8. The summed E-state index contributed by atoms with van der Waals surface area (Å²) in [5.74, 6) is 16.8. The van der Waals surface area contributed by atoms with Gasteiger partial charge in [0.2, 0.25) is 0 Å². The van der Waals surface area contributed by atoms with Gasteiger partial charge < -0.3 is 14.3 Å². The number of aromatic nitrogens is 21. The molecule has 664 valence electrons. The van der Waals surface area contributed by atoms with Crippen molar-refractivity contribution in [2.45, 2.75) is 194 Å². The molecule has 14 aromatic heterocycles. The summed E-state index contributed by atoms with van der Waals surface area (Å²) in [7, 11) is 0. The van der Waals surface area contributed by atoms with E-state index in [0.29, 0.717) is 126 Å². The van der Waals surface area contributed by atoms with Crippen LogP contribution in [-0.2, 0) is 19.3 Å². The molecule has 14 heterocycles. The maximum Gasteiger partial charge on any atom is 0.182 e. The lowest BCUT2D eigenvalue weighted by Gasteiger charge is -2.47. The minimum absolute atomic E-state index is 0.294. The van der Waals surface area contributed by atoms with Crippen molar-refractivity contribution in [1.82, 2.24) is 105 Å². The van der Waals surface area contributed by atoms with Gasteiger partial charge in [-0.25, -0.2) is 64.2 Å². The smallest absolute Gasteiger partial charge is 0.182 e. The predicted molar refractivity (Wildman–Crippen MR) is 509 cm³/mol. The first-order valence-corrected chi connectivity index (χ1v) is 48.6. The Hall–Kier alpha value is -11.3. The van der Waals surface area contributed by atoms with E-state index in [1.807, 2.05) is 60.7 Å². The van der Waals surface area contributed by atoms with Gasteiger partial charge in [-0.1, -0.05) is 123 Å². The molecule has 23 nitrogen and oxygen atoms in total. The van der Waals surface area contributed by atoms with Gasteiger partial charge in [0.05, 0.1) is 59.6 Å². The second-order valence-corrected chi connectivity index (χ2v) is 40.6. The number of anilines is 1. The molecule has 0 amide bonds. The van der Waals surface area contributed by atoms with Crippen molar-refractivity contribution < 1.29 is 8.81 Å². The lowest BCUT2D eigenvalue weighted by molar-refractivity contribution is 0.0339. The van der Waals surface area contributed by atoms with Crippen LogP contribution in [0.4, 0.5) is 10.2 Å². The molecule has 8 bridgehead atoms. The van der Waals surface area contributed by atoms with E-state index in [0.717, 1.165) is 179 Å². The van der Waals surface area contributed by atoms with Crippen LogP contribution in [0, 0.1) is 94.6 Å². The number of halogens is 4. The van der Waals surface area contributed by atoms with Crippen LogP contribution in [0.3, 0.4) is 0 Å². The number of H-pyrrole nitrogens is 4. The van der Waals surface area contributed by atoms with Gasteiger partial charge in [-0.2, -0.15) is 20.4 Å². The molecule has 13 fully saturated rings. The molecule has 0 spiro atoms. The summed E-state index contributed by atoms with van der Waals surface area (Å²) in [5.41, 5.74) is 14.2. The minimum atomic E-state index is -0.404. The average Bonchev–Trinajstić information content (AvgIpc) is 1.46. The first kappa shape index (κ1) is 84.2. The van der Waals surface area contributed by atoms with E-state index < -0.39 is 5.82 Å². The van der Waals surface area contributed by atoms with Crippen LogP contribution in [0.15, 0.2) is 157 Å². The van der Waals surface area contributed by atoms with Gasteiger partial charge in [0.15, 0.2) is 51.6 Å². The largest absolute Gasteiger partial charge is 0.459 e. The summed E-state index contributed by atoms with van der Waals surface area (Å²) in [6.45, 7) is 14.1. The molecule has 0 saturated heterocycles. The third-order valence-electron chi connectivity index (χ3n) is 31.7. The Labute approximate surface area is 769 Å². The van der Waals surface area contributed by atoms with E-state index in [2.05, 4.69) is 173 Å². The zero-order valence-electron chi connectivity index (χ0n) is 74.2. The van der Waals surface area contributed by atoms with Gasteiger partial charge in [-0.05, 0) is 298 Å². The van der Waals surface area contributed by atoms with Crippen molar-refractivity contribution >= 4 is 95.8 Å². The fourth-order valence-electron chi connectivity index (χ4n) is 24.3. The van der Waals surface area contributed by atoms with Gasteiger partial charge in [0, 0.05) is 71.0 Å². The van der Waals surface area contributed by atoms with Crippen molar-refractivity contribution in [1.29, 1.82) is 0 Å². The molecule has 29 rings (SSSR count). The molecule has 130 heavy (non-hydrogen) atoms. The average molecular weight is 1800 g/mol. The van der Waals surface area contributed by atoms with Crippen LogP contribution in [0.25, 0.3) is 135 Å². The molecule has 13 aliphatic rings. The Morgan fingerprint density at radius 1 is 0.392 bits per heavy atom. The fraction of sp³-hybridized carbons (Fsp3) is 0.437. The zero-order chi connectivity index (χ0) is 88.1. The van der Waals surface area contributed by atoms with Crippen molar-refractivity contribution in [3.05, 3.63) is 196 Å². The number of pyridine rings is 4. The molecular formula is C103H108Cl3FN22O. The van der Waals surface area contributed by atoms with Gasteiger partial charge in [-0.15, -0.1) is 0 Å². The lowest BCUT2D eigenvalue weighted by atomic mass is 9.58. The van der Waals surface area contributed by atoms with E-state index in [4.69, 9.17) is 79.1 Å². The first-order chi connectivity index (χ1) is 63.4. The number of fused-ring (bicyclic) bond motifs is 17. The highest BCUT2D eigenvalue weighted by Gasteiger charge is 2.46. The van der Waals surface area contributed by atoms with Gasteiger partial charge >= 0.3 is 0 Å². The monoisotopic (exact) mass is 1790 g/mol. The van der Waals surface area contributed by atoms with Gasteiger partial charge in [-0.3, -0.25) is 20.4 Å². The van der Waals surface area contributed by atoms with E-state index in [1.165, 1.54) is 128 Å². The normalized spacial score (nSPS) is 25.3. The Morgan fingerprint density at radius 3 is 1.18 bits per heavy atom. The maximum atomic E-state index is 14.0. The third kappa shape index (κ3) is 16.7. The van der Waals surface area contributed by atoms with E-state index in [1.54, 1.807) is 18.6 Å². The standard InChI is InChI=1S/C27H28FN5O.2C26H26ClN5.C24H28ClN7/c1-14-15-2-4-16(5-3-15)20(14)11-19-12-22(24-9-8-23(34-24)17-6-7-17)31-27(30-19)25-21-10-18(28)13-29-26(21)33-32-25;2*1-15-16-7-9-17(10-8-16)21(15)12-20-13-23(18-5-3-2-4-6-18)30-26(29-20)24-22-11-19(27)14-28-25(22)32-31-24;1-12(2)32-9-8-17-22(27-19-13(3)14-4-6-15(19)7-5-14)28-23(29-24(17)32)20-18-10-16(25)11-26-21(18)31-30-20/h8-10,12-17,20H,2-7,11H2,1H3,(H,29,32,33);2*2-6,11,13-17,21H,7-10,12H2,1H3,(H,28,31,32);8-15,19H,4-7H2,1-3H3,(H,26,30,31)(H,27,28,29)/t14-,15?,16?,20+;2*15-,16?,17?,21+;13-,14?,15?,19+/m0000/s1. The highest BCUT2D eigenvalue weighted by Crippen LogP contribution is 2.54. The third-order valence-corrected chi connectivity index (χ3v) is 32.3. The Kier molecular flexibility index (Phi) is 22.9. The minimum Gasteiger partial charge on any atom is -0.459 e. The number of benzene rings is 2. The summed E-state index contributed by atoms with van der Waals surface area (Å²) in [5, 5.41) is 39.4. The van der Waals surface area contributed by atoms with Crippen LogP contribution in [0.2, 0.25) is 15.1 Å². The van der Waals surface area contributed by atoms with Crippen LogP contribution in [0.1, 0.15) is 192 Å². The second-order valence-electron chi connectivity index (χ2n) is 39.3. The van der Waals surface area contributed by atoms with E-state index in [-0.39, 0.29) is 0 Å². The number of hydrogen-bond acceptors (Lipinski definition) is 18. The molecule has 0 radical (unpaired) electrons. The SMILES string of the molecule is CC(C)n1ccc2c(N[C@H]3C4CCC(CC4)[C@@H]3C)nc(-c3[nH]nc4ncc(Cl)cc34)nc21.C[C@H]1C2CCC(CC2)[C@@H]1Cc1cc(-c2ccc(C3CC3)o2)nc(-c2[nH]nc3ncc(F)cc23)n1.C[C@H]1C2CCC(CC2)[C@@H]1Cc1cc(-c2ccccc2)nc(-c2[nH]nc3ncc(Cl)cc23)n1.C[C@H]1C2CCC(CC2)[C@@H]1Cc1cc(-c2ccccc2)nc(-c2[nH]nc3ncc(Cl)cc23)n1. The number of nitrogens with zero attached hydrogens (tertiary/aromatic N) is 17. The molecule has 2 aromatic carbocycles. The predicted octanol–water partition coefficient (Wildman–Crippen LogP) is 24.8. The van der Waals surface area contributed by atoms with Crippen LogP contribution < -0.4 is 5.32 Å². The number of nitrogens with one attached hydrogen (secondary N) is 5. The molecule has 8 atom stereocenters. The number of rotatable bonds is 17. The lowest BCUT2D eigenvalue weighted by Crippen LogP contribution is -2.47. The topological polar surface area (TPSA) is 299 Å². The van der Waals surface area contributed by atoms with Crippen molar-refractivity contribution in [2.75, 3.05) is 5.32 Å². The summed E-state index contributed by atoms with van der Waals surface area (Å²) in [6, 6.07) is 41.1. The molecule has 16 aromatic rings. The Bertz CT molecular complexity index is 6600. The van der Waals surface area contributed by atoms with Crippen LogP contribution >= 0.6 is 34.8 Å². The molecule has 0 aliphatic heterocycles. The number of hydrogen-bond donors (Lipinski definition) is 5. The quantitative estimate of drug-likeness (QED) is 0.0566. The summed E-state index contributed by atoms with van der Waals surface area (Å²) >= 11 is 18.7. The molecular weight excluding hydrogens is 1690 g/mol. The summed E-state index contributed by atoms with van der Waals surface area (Å²) < 4.78 is 22.4. The van der Waals surface area contributed by atoms with Crippen molar-refractivity contribution in [2.24, 2.45) is 88.8 Å². The highest BCUT2D eigenvalue weighted by atomic mass is 35.5. The Morgan fingerprint density at radius 2 is 0.769 bits per heavy atom. The van der Waals surface area contributed by atoms with E-state index in [9.17, 15) is 4.39 Å². The Balaban J connectivity index is 0.000000102. The summed E-state index contributed by atoms with van der Waals surface area (Å²) in [4.78, 5) is 56.9.